The van der Waals surface area contributed by atoms with E-state index >= 15 is 0 Å². The van der Waals surface area contributed by atoms with E-state index in [4.69, 9.17) is 9.15 Å². The fourth-order valence-corrected chi connectivity index (χ4v) is 2.85. The molecule has 0 radical (unpaired) electrons. The maximum atomic E-state index is 5.66. The second kappa shape index (κ2) is 6.74. The Hall–Kier alpha value is -0.840. The fourth-order valence-electron chi connectivity index (χ4n) is 2.85. The number of ether oxygens (including phenoxy) is 1. The van der Waals surface area contributed by atoms with E-state index in [0.29, 0.717) is 6.04 Å². The molecule has 0 aromatic carbocycles. The summed E-state index contributed by atoms with van der Waals surface area (Å²) < 4.78 is 11.3. The molecule has 0 amide bonds. The minimum atomic E-state index is 0.237. The van der Waals surface area contributed by atoms with Crippen molar-refractivity contribution in [2.24, 2.45) is 5.41 Å². The maximum absolute atomic E-state index is 5.66. The smallest absolute Gasteiger partial charge is 0.118 e. The first kappa shape index (κ1) is 15.5. The number of rotatable bonds is 7. The number of hydrogen-bond acceptors (Lipinski definition) is 4. The molecule has 20 heavy (non-hydrogen) atoms. The van der Waals surface area contributed by atoms with E-state index in [-0.39, 0.29) is 5.41 Å². The van der Waals surface area contributed by atoms with Crippen molar-refractivity contribution in [3.8, 4) is 0 Å². The molecule has 0 aliphatic carbocycles. The number of nitrogens with zero attached hydrogens (tertiary/aromatic N) is 1. The molecule has 114 valence electrons. The summed E-state index contributed by atoms with van der Waals surface area (Å²) in [6, 6.07) is 4.61. The molecular weight excluding hydrogens is 252 g/mol. The van der Waals surface area contributed by atoms with E-state index in [1.807, 2.05) is 13.0 Å². The predicted octanol–water partition coefficient (Wildman–Crippen LogP) is 2.42. The Morgan fingerprint density at radius 3 is 2.75 bits per heavy atom. The highest BCUT2D eigenvalue weighted by atomic mass is 16.5. The second-order valence-corrected chi connectivity index (χ2v) is 6.52. The SMILES string of the molecule is Cc1ccc(CN(C)CC2(CNC(C)C)CCOC2)o1. The van der Waals surface area contributed by atoms with Crippen molar-refractivity contribution >= 4 is 0 Å². The highest BCUT2D eigenvalue weighted by Gasteiger charge is 2.36. The number of hydrogen-bond donors (Lipinski definition) is 1. The third kappa shape index (κ3) is 4.33. The van der Waals surface area contributed by atoms with Crippen LogP contribution in [0.15, 0.2) is 16.5 Å². The van der Waals surface area contributed by atoms with Crippen molar-refractivity contribution in [3.63, 3.8) is 0 Å². The molecule has 4 heteroatoms. The third-order valence-corrected chi connectivity index (χ3v) is 3.90. The first-order valence-electron chi connectivity index (χ1n) is 7.54. The van der Waals surface area contributed by atoms with Crippen molar-refractivity contribution in [3.05, 3.63) is 23.7 Å². The second-order valence-electron chi connectivity index (χ2n) is 6.52. The highest BCUT2D eigenvalue weighted by Crippen LogP contribution is 2.29. The molecule has 1 fully saturated rings. The molecule has 2 heterocycles. The van der Waals surface area contributed by atoms with Crippen LogP contribution in [0.3, 0.4) is 0 Å². The minimum Gasteiger partial charge on any atom is -0.465 e. The van der Waals surface area contributed by atoms with E-state index in [1.165, 1.54) is 0 Å². The minimum absolute atomic E-state index is 0.237. The van der Waals surface area contributed by atoms with Crippen LogP contribution < -0.4 is 5.32 Å². The van der Waals surface area contributed by atoms with Crippen LogP contribution in [0.1, 0.15) is 31.8 Å². The summed E-state index contributed by atoms with van der Waals surface area (Å²) in [6.07, 6.45) is 1.13. The number of nitrogens with one attached hydrogen (secondary N) is 1. The lowest BCUT2D eigenvalue weighted by Gasteiger charge is -2.33. The Balaban J connectivity index is 1.90. The van der Waals surface area contributed by atoms with Crippen LogP contribution in [0.2, 0.25) is 0 Å². The summed E-state index contributed by atoms with van der Waals surface area (Å²) in [5.41, 5.74) is 0.237. The number of furan rings is 1. The largest absolute Gasteiger partial charge is 0.465 e. The molecule has 1 atom stereocenters. The van der Waals surface area contributed by atoms with Gasteiger partial charge in [-0.05, 0) is 32.5 Å². The van der Waals surface area contributed by atoms with Crippen LogP contribution in [0.25, 0.3) is 0 Å². The Labute approximate surface area is 122 Å². The monoisotopic (exact) mass is 280 g/mol. The van der Waals surface area contributed by atoms with Gasteiger partial charge in [0.05, 0.1) is 13.2 Å². The first-order chi connectivity index (χ1) is 9.49. The van der Waals surface area contributed by atoms with E-state index < -0.39 is 0 Å². The Kier molecular flexibility index (Phi) is 5.24. The van der Waals surface area contributed by atoms with Gasteiger partial charge in [0, 0.05) is 31.2 Å². The summed E-state index contributed by atoms with van der Waals surface area (Å²) in [6.45, 7) is 11.0. The van der Waals surface area contributed by atoms with Crippen molar-refractivity contribution in [1.29, 1.82) is 0 Å². The summed E-state index contributed by atoms with van der Waals surface area (Å²) >= 11 is 0. The molecule has 1 aliphatic rings. The van der Waals surface area contributed by atoms with Gasteiger partial charge in [-0.2, -0.15) is 0 Å². The topological polar surface area (TPSA) is 37.6 Å². The average molecular weight is 280 g/mol. The molecule has 0 bridgehead atoms. The molecule has 0 saturated carbocycles. The maximum Gasteiger partial charge on any atom is 0.118 e. The lowest BCUT2D eigenvalue weighted by molar-refractivity contribution is 0.112. The van der Waals surface area contributed by atoms with Gasteiger partial charge >= 0.3 is 0 Å². The molecule has 2 rings (SSSR count). The molecule has 1 aromatic rings. The van der Waals surface area contributed by atoms with E-state index in [9.17, 15) is 0 Å². The fraction of sp³-hybridized carbons (Fsp3) is 0.750. The molecule has 0 spiro atoms. The quantitative estimate of drug-likeness (QED) is 0.832. The summed E-state index contributed by atoms with van der Waals surface area (Å²) in [5, 5.41) is 3.57. The van der Waals surface area contributed by atoms with Crippen LogP contribution in [0.5, 0.6) is 0 Å². The van der Waals surface area contributed by atoms with Crippen LogP contribution in [-0.4, -0.2) is 44.3 Å². The van der Waals surface area contributed by atoms with Crippen molar-refractivity contribution in [1.82, 2.24) is 10.2 Å². The lowest BCUT2D eigenvalue weighted by Crippen LogP contribution is -2.45. The standard InChI is InChI=1S/C16H28N2O2/c1-13(2)17-10-16(7-8-19-12-16)11-18(4)9-15-6-5-14(3)20-15/h5-6,13,17H,7-12H2,1-4H3. The normalized spacial score (nSPS) is 23.1. The summed E-state index contributed by atoms with van der Waals surface area (Å²) in [5.74, 6) is 2.02. The molecule has 1 aromatic heterocycles. The van der Waals surface area contributed by atoms with Gasteiger partial charge in [-0.15, -0.1) is 0 Å². The van der Waals surface area contributed by atoms with Crippen LogP contribution in [0, 0.1) is 12.3 Å². The third-order valence-electron chi connectivity index (χ3n) is 3.90. The zero-order valence-electron chi connectivity index (χ0n) is 13.2. The molecule has 1 N–H and O–H groups in total. The van der Waals surface area contributed by atoms with E-state index in [2.05, 4.69) is 37.2 Å². The van der Waals surface area contributed by atoms with Crippen molar-refractivity contribution in [2.45, 2.75) is 39.8 Å². The Bertz CT molecular complexity index is 408. The molecule has 1 saturated heterocycles. The van der Waals surface area contributed by atoms with E-state index in [0.717, 1.165) is 50.8 Å². The average Bonchev–Trinajstić information content (AvgIpc) is 2.97. The lowest BCUT2D eigenvalue weighted by atomic mass is 9.86. The molecule has 1 unspecified atom stereocenters. The van der Waals surface area contributed by atoms with Crippen molar-refractivity contribution in [2.75, 3.05) is 33.4 Å². The van der Waals surface area contributed by atoms with Gasteiger partial charge < -0.3 is 14.5 Å². The van der Waals surface area contributed by atoms with Crippen LogP contribution in [-0.2, 0) is 11.3 Å². The van der Waals surface area contributed by atoms with Crippen LogP contribution in [0.4, 0.5) is 0 Å². The first-order valence-corrected chi connectivity index (χ1v) is 7.54. The van der Waals surface area contributed by atoms with Gasteiger partial charge in [-0.25, -0.2) is 0 Å². The van der Waals surface area contributed by atoms with Gasteiger partial charge in [-0.1, -0.05) is 13.8 Å². The van der Waals surface area contributed by atoms with Crippen molar-refractivity contribution < 1.29 is 9.15 Å². The van der Waals surface area contributed by atoms with Gasteiger partial charge in [0.25, 0.3) is 0 Å². The zero-order valence-corrected chi connectivity index (χ0v) is 13.2. The van der Waals surface area contributed by atoms with Gasteiger partial charge in [0.2, 0.25) is 0 Å². The molecule has 4 nitrogen and oxygen atoms in total. The Morgan fingerprint density at radius 1 is 1.40 bits per heavy atom. The predicted molar refractivity (Wildman–Crippen MR) is 80.8 cm³/mol. The van der Waals surface area contributed by atoms with Crippen LogP contribution >= 0.6 is 0 Å². The summed E-state index contributed by atoms with van der Waals surface area (Å²) in [4.78, 5) is 2.34. The van der Waals surface area contributed by atoms with Gasteiger partial charge in [-0.3, -0.25) is 4.90 Å². The molecular formula is C16H28N2O2. The highest BCUT2D eigenvalue weighted by molar-refractivity contribution is 5.05. The Morgan fingerprint density at radius 2 is 2.20 bits per heavy atom. The number of aryl methyl sites for hydroxylation is 1. The van der Waals surface area contributed by atoms with Gasteiger partial charge in [0.15, 0.2) is 0 Å². The molecule has 1 aliphatic heterocycles. The summed E-state index contributed by atoms with van der Waals surface area (Å²) in [7, 11) is 2.16. The van der Waals surface area contributed by atoms with Gasteiger partial charge in [0.1, 0.15) is 11.5 Å². The zero-order chi connectivity index (χ0) is 14.6. The van der Waals surface area contributed by atoms with E-state index in [1.54, 1.807) is 0 Å².